The van der Waals surface area contributed by atoms with Crippen LogP contribution in [-0.4, -0.2) is 31.1 Å². The van der Waals surface area contributed by atoms with Gasteiger partial charge >= 0.3 is 0 Å². The molecule has 118 valence electrons. The molecule has 0 bridgehead atoms. The summed E-state index contributed by atoms with van der Waals surface area (Å²) in [5.74, 6) is -0.126. The summed E-state index contributed by atoms with van der Waals surface area (Å²) < 4.78 is 26.2. The van der Waals surface area contributed by atoms with Gasteiger partial charge in [0.05, 0.1) is 11.0 Å². The first-order chi connectivity index (χ1) is 9.81. The molecule has 1 heterocycles. The average molecular weight is 355 g/mol. The maximum atomic E-state index is 12.1. The molecule has 2 atom stereocenters. The van der Waals surface area contributed by atoms with Crippen LogP contribution in [0.1, 0.15) is 25.7 Å². The van der Waals surface area contributed by atoms with Crippen molar-refractivity contribution in [1.82, 2.24) is 4.72 Å². The van der Waals surface area contributed by atoms with Gasteiger partial charge in [0.2, 0.25) is 10.0 Å². The third-order valence-corrected chi connectivity index (χ3v) is 6.75. The van der Waals surface area contributed by atoms with Crippen molar-refractivity contribution in [2.45, 2.75) is 36.0 Å². The van der Waals surface area contributed by atoms with Crippen molar-refractivity contribution in [1.29, 1.82) is 0 Å². The van der Waals surface area contributed by atoms with E-state index in [0.717, 1.165) is 25.3 Å². The molecule has 1 aliphatic rings. The van der Waals surface area contributed by atoms with Crippen molar-refractivity contribution >= 4 is 38.6 Å². The van der Waals surface area contributed by atoms with Crippen LogP contribution in [0.4, 0.5) is 5.69 Å². The van der Waals surface area contributed by atoms with Gasteiger partial charge in [0.15, 0.2) is 4.34 Å². The predicted octanol–water partition coefficient (Wildman–Crippen LogP) is 2.14. The van der Waals surface area contributed by atoms with Crippen LogP contribution in [-0.2, 0) is 10.0 Å². The second-order valence-electron chi connectivity index (χ2n) is 4.95. The molecule has 1 aromatic heterocycles. The van der Waals surface area contributed by atoms with E-state index in [-0.39, 0.29) is 21.0 Å². The van der Waals surface area contributed by atoms with Gasteiger partial charge in [0, 0.05) is 12.6 Å². The van der Waals surface area contributed by atoms with Crippen molar-refractivity contribution in [2.75, 3.05) is 6.54 Å². The Hall–Kier alpha value is -0.740. The zero-order chi connectivity index (χ0) is 15.6. The van der Waals surface area contributed by atoms with Gasteiger partial charge in [-0.15, -0.1) is 11.3 Å². The molecule has 2 rings (SSSR count). The van der Waals surface area contributed by atoms with E-state index in [1.165, 1.54) is 0 Å². The monoisotopic (exact) mass is 354 g/mol. The van der Waals surface area contributed by atoms with Gasteiger partial charge < -0.3 is 5.11 Å². The number of nitrogens with zero attached hydrogens (tertiary/aromatic N) is 1. The molecule has 1 aromatic rings. The topological polar surface area (TPSA) is 110 Å². The molecule has 7 nitrogen and oxygen atoms in total. The number of nitro groups is 1. The molecule has 2 N–H and O–H groups in total. The van der Waals surface area contributed by atoms with E-state index in [9.17, 15) is 23.6 Å². The molecule has 2 unspecified atom stereocenters. The lowest BCUT2D eigenvalue weighted by atomic mass is 9.87. The molecule has 1 saturated carbocycles. The third-order valence-electron chi connectivity index (χ3n) is 3.51. The highest BCUT2D eigenvalue weighted by Gasteiger charge is 2.28. The Labute approximate surface area is 131 Å². The fourth-order valence-electron chi connectivity index (χ4n) is 2.31. The first-order valence-corrected chi connectivity index (χ1v) is 9.10. The number of hydrogen-bond donors (Lipinski definition) is 2. The van der Waals surface area contributed by atoms with Crippen LogP contribution < -0.4 is 4.72 Å². The maximum Gasteiger partial charge on any atom is 0.300 e. The standard InChI is InChI=1S/C11H15ClN2O5S2/c12-11-8(14(16)17)5-10(20-11)21(18,19)13-6-7-3-1-2-4-9(7)15/h5,7,9,13,15H,1-4,6H2. The Morgan fingerprint density at radius 2 is 2.14 bits per heavy atom. The molecule has 0 saturated heterocycles. The Balaban J connectivity index is 2.08. The van der Waals surface area contributed by atoms with E-state index in [2.05, 4.69) is 4.72 Å². The molecule has 21 heavy (non-hydrogen) atoms. The smallest absolute Gasteiger partial charge is 0.300 e. The van der Waals surface area contributed by atoms with Crippen LogP contribution in [0.2, 0.25) is 4.34 Å². The molecular weight excluding hydrogens is 340 g/mol. The molecule has 10 heteroatoms. The van der Waals surface area contributed by atoms with Crippen molar-refractivity contribution in [3.63, 3.8) is 0 Å². The molecule has 0 aliphatic heterocycles. The fraction of sp³-hybridized carbons (Fsp3) is 0.636. The third kappa shape index (κ3) is 3.92. The molecular formula is C11H15ClN2O5S2. The number of sulfonamides is 1. The van der Waals surface area contributed by atoms with Crippen LogP contribution >= 0.6 is 22.9 Å². The summed E-state index contributed by atoms with van der Waals surface area (Å²) >= 11 is 6.31. The molecule has 0 spiro atoms. The van der Waals surface area contributed by atoms with Gasteiger partial charge in [-0.3, -0.25) is 10.1 Å². The molecule has 0 aromatic carbocycles. The minimum Gasteiger partial charge on any atom is -0.393 e. The fourth-order valence-corrected chi connectivity index (χ4v) is 5.11. The predicted molar refractivity (Wildman–Crippen MR) is 79.1 cm³/mol. The second-order valence-corrected chi connectivity index (χ2v) is 8.59. The SMILES string of the molecule is O=[N+]([O-])c1cc(S(=O)(=O)NCC2CCCCC2O)sc1Cl. The second kappa shape index (κ2) is 6.57. The maximum absolute atomic E-state index is 12.1. The van der Waals surface area contributed by atoms with Gasteiger partial charge in [0.1, 0.15) is 4.21 Å². The van der Waals surface area contributed by atoms with Crippen LogP contribution in [0, 0.1) is 16.0 Å². The summed E-state index contributed by atoms with van der Waals surface area (Å²) in [5, 5.41) is 20.5. The lowest BCUT2D eigenvalue weighted by Crippen LogP contribution is -2.36. The first kappa shape index (κ1) is 16.6. The van der Waals surface area contributed by atoms with E-state index in [1.54, 1.807) is 0 Å². The van der Waals surface area contributed by atoms with E-state index < -0.39 is 26.7 Å². The number of halogens is 1. The Morgan fingerprint density at radius 1 is 1.48 bits per heavy atom. The normalized spacial score (nSPS) is 23.1. The molecule has 0 radical (unpaired) electrons. The summed E-state index contributed by atoms with van der Waals surface area (Å²) in [6.45, 7) is 0.118. The van der Waals surface area contributed by atoms with Gasteiger partial charge in [-0.05, 0) is 18.8 Å². The summed E-state index contributed by atoms with van der Waals surface area (Å²) in [6, 6.07) is 0.951. The van der Waals surface area contributed by atoms with Crippen LogP contribution in [0.5, 0.6) is 0 Å². The minimum atomic E-state index is -3.85. The van der Waals surface area contributed by atoms with E-state index in [1.807, 2.05) is 0 Å². The molecule has 1 fully saturated rings. The van der Waals surface area contributed by atoms with Crippen molar-refractivity contribution < 1.29 is 18.4 Å². The van der Waals surface area contributed by atoms with Gasteiger partial charge in [-0.2, -0.15) is 0 Å². The number of rotatable bonds is 5. The van der Waals surface area contributed by atoms with Gasteiger partial charge in [0.25, 0.3) is 5.69 Å². The van der Waals surface area contributed by atoms with Gasteiger partial charge in [-0.25, -0.2) is 13.1 Å². The first-order valence-electron chi connectivity index (χ1n) is 6.42. The quantitative estimate of drug-likeness (QED) is 0.621. The van der Waals surface area contributed by atoms with E-state index in [4.69, 9.17) is 11.6 Å². The lowest BCUT2D eigenvalue weighted by Gasteiger charge is -2.27. The molecule has 0 amide bonds. The van der Waals surface area contributed by atoms with Crippen LogP contribution in [0.25, 0.3) is 0 Å². The molecule has 1 aliphatic carbocycles. The zero-order valence-electron chi connectivity index (χ0n) is 11.0. The number of hydrogen-bond acceptors (Lipinski definition) is 6. The Morgan fingerprint density at radius 3 is 2.71 bits per heavy atom. The summed E-state index contributed by atoms with van der Waals surface area (Å²) in [4.78, 5) is 9.97. The Kier molecular flexibility index (Phi) is 5.20. The Bertz CT molecular complexity index is 631. The van der Waals surface area contributed by atoms with Gasteiger partial charge in [-0.1, -0.05) is 24.4 Å². The highest BCUT2D eigenvalue weighted by Crippen LogP contribution is 2.36. The average Bonchev–Trinajstić information content (AvgIpc) is 2.81. The van der Waals surface area contributed by atoms with Crippen LogP contribution in [0.15, 0.2) is 10.3 Å². The van der Waals surface area contributed by atoms with Crippen molar-refractivity contribution in [3.05, 3.63) is 20.5 Å². The van der Waals surface area contributed by atoms with Crippen molar-refractivity contribution in [2.24, 2.45) is 5.92 Å². The highest BCUT2D eigenvalue weighted by atomic mass is 35.5. The number of aliphatic hydroxyl groups excluding tert-OH is 1. The minimum absolute atomic E-state index is 0.118. The summed E-state index contributed by atoms with van der Waals surface area (Å²) in [7, 11) is -3.85. The lowest BCUT2D eigenvalue weighted by molar-refractivity contribution is -0.384. The summed E-state index contributed by atoms with van der Waals surface area (Å²) in [6.07, 6.45) is 2.82. The van der Waals surface area contributed by atoms with Crippen LogP contribution in [0.3, 0.4) is 0 Å². The number of aliphatic hydroxyl groups is 1. The number of thiophene rings is 1. The highest BCUT2D eigenvalue weighted by molar-refractivity contribution is 7.91. The van der Waals surface area contributed by atoms with Crippen molar-refractivity contribution in [3.8, 4) is 0 Å². The van der Waals surface area contributed by atoms with E-state index in [0.29, 0.717) is 17.8 Å². The largest absolute Gasteiger partial charge is 0.393 e. The van der Waals surface area contributed by atoms with E-state index >= 15 is 0 Å². The number of nitrogens with one attached hydrogen (secondary N) is 1. The summed E-state index contributed by atoms with van der Waals surface area (Å²) in [5.41, 5.74) is -0.417. The zero-order valence-corrected chi connectivity index (χ0v) is 13.4.